The van der Waals surface area contributed by atoms with Gasteiger partial charge >= 0.3 is 0 Å². The molecule has 2 heterocycles. The van der Waals surface area contributed by atoms with Crippen LogP contribution >= 0.6 is 0 Å². The van der Waals surface area contributed by atoms with Gasteiger partial charge in [-0.25, -0.2) is 0 Å². The summed E-state index contributed by atoms with van der Waals surface area (Å²) in [6.45, 7) is 2.21. The first-order chi connectivity index (χ1) is 15.3. The number of non-ortho nitro benzene ring substituents is 1. The molecule has 11 nitrogen and oxygen atoms in total. The zero-order chi connectivity index (χ0) is 22.8. The number of nitro benzene ring substituents is 2. The Labute approximate surface area is 182 Å². The molecule has 0 aliphatic carbocycles. The Hall–Kier alpha value is -4.15. The molecule has 4 rings (SSSR count). The monoisotopic (exact) mass is 436 g/mol. The highest BCUT2D eigenvalue weighted by atomic mass is 16.6. The van der Waals surface area contributed by atoms with Crippen molar-refractivity contribution in [2.45, 2.75) is 39.2 Å². The number of nitrogens with one attached hydrogen (secondary N) is 1. The molecule has 3 aromatic rings. The number of hydrogen-bond donors (Lipinski definition) is 1. The minimum Gasteiger partial charge on any atom is -0.322 e. The summed E-state index contributed by atoms with van der Waals surface area (Å²) in [5, 5.41) is 33.8. The molecule has 0 spiro atoms. The van der Waals surface area contributed by atoms with Crippen LogP contribution in [0.4, 0.5) is 17.1 Å². The van der Waals surface area contributed by atoms with Gasteiger partial charge in [0.15, 0.2) is 5.82 Å². The maximum Gasteiger partial charge on any atom is 0.279 e. The van der Waals surface area contributed by atoms with Crippen molar-refractivity contribution in [3.8, 4) is 11.4 Å². The molecule has 0 fully saturated rings. The number of benzene rings is 2. The lowest BCUT2D eigenvalue weighted by Gasteiger charge is -2.11. The lowest BCUT2D eigenvalue weighted by molar-refractivity contribution is -0.394. The number of amides is 1. The molecule has 0 unspecified atom stereocenters. The van der Waals surface area contributed by atoms with Crippen LogP contribution in [0, 0.1) is 27.2 Å². The van der Waals surface area contributed by atoms with Gasteiger partial charge in [-0.1, -0.05) is 18.6 Å². The van der Waals surface area contributed by atoms with Crippen molar-refractivity contribution in [3.05, 3.63) is 73.6 Å². The fraction of sp³-hybridized carbons (Fsp3) is 0.286. The summed E-state index contributed by atoms with van der Waals surface area (Å²) < 4.78 is 2.09. The van der Waals surface area contributed by atoms with Crippen LogP contribution in [-0.4, -0.2) is 30.5 Å². The Morgan fingerprint density at radius 2 is 1.88 bits per heavy atom. The molecular weight excluding hydrogens is 416 g/mol. The van der Waals surface area contributed by atoms with E-state index in [2.05, 4.69) is 20.1 Å². The predicted molar refractivity (Wildman–Crippen MR) is 115 cm³/mol. The number of aryl methyl sites for hydroxylation is 1. The Kier molecular flexibility index (Phi) is 5.63. The summed E-state index contributed by atoms with van der Waals surface area (Å²) in [5.41, 5.74) is 0.124. The Balaban J connectivity index is 1.65. The minimum absolute atomic E-state index is 0.0528. The molecule has 1 aliphatic heterocycles. The summed E-state index contributed by atoms with van der Waals surface area (Å²) >= 11 is 0. The van der Waals surface area contributed by atoms with E-state index in [0.29, 0.717) is 11.5 Å². The van der Waals surface area contributed by atoms with Crippen molar-refractivity contribution in [1.29, 1.82) is 0 Å². The standard InChI is InChI=1S/C21H20N6O5/c1-13-17(11-16(26(29)30)12-18(13)27(31)32)21(28)22-15-7-5-6-14(10-15)20-24-23-19-8-3-2-4-9-25(19)20/h5-7,10-12H,2-4,8-9H2,1H3,(H,22,28). The smallest absolute Gasteiger partial charge is 0.279 e. The van der Waals surface area contributed by atoms with Crippen LogP contribution in [0.3, 0.4) is 0 Å². The molecule has 1 amide bonds. The molecule has 1 aromatic heterocycles. The number of carbonyl (C=O) groups is 1. The number of nitrogens with zero attached hydrogens (tertiary/aromatic N) is 5. The van der Waals surface area contributed by atoms with E-state index in [9.17, 15) is 25.0 Å². The Morgan fingerprint density at radius 3 is 2.62 bits per heavy atom. The normalized spacial score (nSPS) is 13.2. The molecule has 1 aliphatic rings. The molecule has 164 valence electrons. The van der Waals surface area contributed by atoms with Crippen LogP contribution in [0.1, 0.15) is 41.0 Å². The van der Waals surface area contributed by atoms with E-state index in [1.807, 2.05) is 6.07 Å². The highest BCUT2D eigenvalue weighted by molar-refractivity contribution is 6.06. The van der Waals surface area contributed by atoms with E-state index in [0.717, 1.165) is 55.7 Å². The van der Waals surface area contributed by atoms with Gasteiger partial charge in [0.2, 0.25) is 0 Å². The van der Waals surface area contributed by atoms with E-state index in [1.54, 1.807) is 18.2 Å². The van der Waals surface area contributed by atoms with Gasteiger partial charge < -0.3 is 9.88 Å². The van der Waals surface area contributed by atoms with Gasteiger partial charge in [-0.05, 0) is 31.9 Å². The highest BCUT2D eigenvalue weighted by Crippen LogP contribution is 2.29. The molecule has 0 radical (unpaired) electrons. The lowest BCUT2D eigenvalue weighted by atomic mass is 10.0. The SMILES string of the molecule is Cc1c(C(=O)Nc2cccc(-c3nnc4n3CCCCC4)c2)cc([N+](=O)[O-])cc1[N+](=O)[O-]. The number of aromatic nitrogens is 3. The van der Waals surface area contributed by atoms with Crippen molar-refractivity contribution in [2.75, 3.05) is 5.32 Å². The molecule has 0 bridgehead atoms. The van der Waals surface area contributed by atoms with Crippen LogP contribution < -0.4 is 5.32 Å². The van der Waals surface area contributed by atoms with Gasteiger partial charge in [-0.15, -0.1) is 10.2 Å². The van der Waals surface area contributed by atoms with E-state index in [1.165, 1.54) is 6.92 Å². The fourth-order valence-corrected chi connectivity index (χ4v) is 3.85. The molecule has 2 aromatic carbocycles. The summed E-state index contributed by atoms with van der Waals surface area (Å²) in [7, 11) is 0. The van der Waals surface area contributed by atoms with Gasteiger partial charge in [0.05, 0.1) is 21.5 Å². The van der Waals surface area contributed by atoms with Crippen LogP contribution in [0.25, 0.3) is 11.4 Å². The van der Waals surface area contributed by atoms with Crippen LogP contribution in [-0.2, 0) is 13.0 Å². The number of rotatable bonds is 5. The number of fused-ring (bicyclic) bond motifs is 1. The number of nitro groups is 2. The summed E-state index contributed by atoms with van der Waals surface area (Å²) in [5.74, 6) is 0.971. The lowest BCUT2D eigenvalue weighted by Crippen LogP contribution is -2.15. The van der Waals surface area contributed by atoms with Gasteiger partial charge in [-0.2, -0.15) is 0 Å². The molecule has 0 saturated heterocycles. The summed E-state index contributed by atoms with van der Waals surface area (Å²) in [6, 6.07) is 8.92. The molecular formula is C21H20N6O5. The molecule has 11 heteroatoms. The van der Waals surface area contributed by atoms with Crippen LogP contribution in [0.5, 0.6) is 0 Å². The second-order valence-electron chi connectivity index (χ2n) is 7.59. The van der Waals surface area contributed by atoms with E-state index in [-0.39, 0.29) is 11.1 Å². The first-order valence-electron chi connectivity index (χ1n) is 10.1. The van der Waals surface area contributed by atoms with Gasteiger partial charge in [0.1, 0.15) is 5.82 Å². The minimum atomic E-state index is -0.763. The Morgan fingerprint density at radius 1 is 1.06 bits per heavy atom. The van der Waals surface area contributed by atoms with Crippen LogP contribution in [0.2, 0.25) is 0 Å². The van der Waals surface area contributed by atoms with Crippen molar-refractivity contribution in [1.82, 2.24) is 14.8 Å². The van der Waals surface area contributed by atoms with E-state index >= 15 is 0 Å². The van der Waals surface area contributed by atoms with Gasteiger partial charge in [0.25, 0.3) is 17.3 Å². The zero-order valence-corrected chi connectivity index (χ0v) is 17.3. The highest BCUT2D eigenvalue weighted by Gasteiger charge is 2.25. The third kappa shape index (κ3) is 4.04. The summed E-state index contributed by atoms with van der Waals surface area (Å²) in [4.78, 5) is 33.8. The maximum atomic E-state index is 12.9. The van der Waals surface area contributed by atoms with Crippen molar-refractivity contribution >= 4 is 23.0 Å². The third-order valence-corrected chi connectivity index (χ3v) is 5.51. The predicted octanol–water partition coefficient (Wildman–Crippen LogP) is 4.05. The van der Waals surface area contributed by atoms with Gasteiger partial charge in [0, 0.05) is 35.8 Å². The first-order valence-corrected chi connectivity index (χ1v) is 10.1. The van der Waals surface area contributed by atoms with E-state index in [4.69, 9.17) is 0 Å². The van der Waals surface area contributed by atoms with Crippen molar-refractivity contribution < 1.29 is 14.6 Å². The second kappa shape index (κ2) is 8.53. The quantitative estimate of drug-likeness (QED) is 0.469. The second-order valence-corrected chi connectivity index (χ2v) is 7.59. The average molecular weight is 436 g/mol. The average Bonchev–Trinajstić information content (AvgIpc) is 3.01. The first kappa shape index (κ1) is 21.1. The third-order valence-electron chi connectivity index (χ3n) is 5.51. The van der Waals surface area contributed by atoms with E-state index < -0.39 is 27.1 Å². The van der Waals surface area contributed by atoms with Crippen LogP contribution in [0.15, 0.2) is 36.4 Å². The Bertz CT molecular complexity index is 1240. The molecule has 0 atom stereocenters. The largest absolute Gasteiger partial charge is 0.322 e. The van der Waals surface area contributed by atoms with Crippen molar-refractivity contribution in [2.24, 2.45) is 0 Å². The van der Waals surface area contributed by atoms with Gasteiger partial charge in [-0.3, -0.25) is 25.0 Å². The molecule has 32 heavy (non-hydrogen) atoms. The molecule has 0 saturated carbocycles. The summed E-state index contributed by atoms with van der Waals surface area (Å²) in [6.07, 6.45) is 4.12. The van der Waals surface area contributed by atoms with Crippen molar-refractivity contribution in [3.63, 3.8) is 0 Å². The molecule has 1 N–H and O–H groups in total. The fourth-order valence-electron chi connectivity index (χ4n) is 3.85. The zero-order valence-electron chi connectivity index (χ0n) is 17.3. The number of carbonyl (C=O) groups excluding carboxylic acids is 1. The number of anilines is 1. The maximum absolute atomic E-state index is 12.9. The topological polar surface area (TPSA) is 146 Å². The number of hydrogen-bond acceptors (Lipinski definition) is 7.